The van der Waals surface area contributed by atoms with E-state index >= 15 is 0 Å². The Kier molecular flexibility index (Phi) is 7.16. The van der Waals surface area contributed by atoms with Crippen molar-refractivity contribution in [1.29, 1.82) is 0 Å². The molecule has 1 saturated heterocycles. The van der Waals surface area contributed by atoms with E-state index in [1.54, 1.807) is 24.3 Å². The summed E-state index contributed by atoms with van der Waals surface area (Å²) >= 11 is 0. The molecule has 2 aromatic carbocycles. The lowest BCUT2D eigenvalue weighted by Crippen LogP contribution is -2.30. The number of likely N-dealkylation sites (tertiary alicyclic amines) is 1. The number of nitrogens with one attached hydrogen (secondary N) is 3. The van der Waals surface area contributed by atoms with Gasteiger partial charge in [0.05, 0.1) is 32.4 Å². The lowest BCUT2D eigenvalue weighted by molar-refractivity contribution is 0.250. The first-order chi connectivity index (χ1) is 19.8. The van der Waals surface area contributed by atoms with E-state index in [1.807, 2.05) is 6.07 Å². The second kappa shape index (κ2) is 10.8. The predicted octanol–water partition coefficient (Wildman–Crippen LogP) is 4.81. The average Bonchev–Trinajstić information content (AvgIpc) is 3.61. The molecule has 0 radical (unpaired) electrons. The highest BCUT2D eigenvalue weighted by molar-refractivity contribution is 7.93. The fourth-order valence-corrected chi connectivity index (χ4v) is 6.78. The number of aromatic amines is 1. The molecule has 0 unspecified atom stereocenters. The Labute approximate surface area is 238 Å². The number of hydrogen-bond donors (Lipinski definition) is 3. The lowest BCUT2D eigenvalue weighted by Gasteiger charge is -2.30. The highest BCUT2D eigenvalue weighted by atomic mass is 32.2. The van der Waals surface area contributed by atoms with E-state index in [2.05, 4.69) is 37.3 Å². The van der Waals surface area contributed by atoms with Crippen molar-refractivity contribution in [2.45, 2.75) is 42.4 Å². The fraction of sp³-hybridized carbons (Fsp3) is 0.429. The third-order valence-electron chi connectivity index (χ3n) is 7.75. The Morgan fingerprint density at radius 1 is 0.976 bits per heavy atom. The molecule has 1 atom stereocenters. The number of nitrogens with zero attached hydrogens (tertiary/aromatic N) is 3. The van der Waals surface area contributed by atoms with Gasteiger partial charge in [-0.15, -0.1) is 0 Å². The Balaban J connectivity index is 1.31. The number of hydrogen-bond acceptors (Lipinski definition) is 10. The Bertz CT molecular complexity index is 1650. The van der Waals surface area contributed by atoms with Crippen molar-refractivity contribution in [2.75, 3.05) is 51.5 Å². The molecule has 2 aromatic heterocycles. The number of piperidine rings is 1. The van der Waals surface area contributed by atoms with E-state index < -0.39 is 10.0 Å². The molecule has 13 heteroatoms. The molecule has 0 spiro atoms. The maximum absolute atomic E-state index is 13.8. The quantitative estimate of drug-likeness (QED) is 0.238. The topological polar surface area (TPSA) is 144 Å². The summed E-state index contributed by atoms with van der Waals surface area (Å²) in [6, 6.07) is 8.90. The van der Waals surface area contributed by atoms with Gasteiger partial charge in [0.25, 0.3) is 10.0 Å². The third kappa shape index (κ3) is 5.38. The van der Waals surface area contributed by atoms with Crippen LogP contribution >= 0.6 is 0 Å². The molecule has 2 fully saturated rings. The van der Waals surface area contributed by atoms with E-state index in [4.69, 9.17) is 18.7 Å². The van der Waals surface area contributed by atoms with Crippen LogP contribution in [0.5, 0.6) is 17.2 Å². The minimum Gasteiger partial charge on any atom is -0.495 e. The van der Waals surface area contributed by atoms with Crippen LogP contribution in [-0.2, 0) is 10.0 Å². The van der Waals surface area contributed by atoms with Gasteiger partial charge in [-0.3, -0.25) is 9.82 Å². The van der Waals surface area contributed by atoms with E-state index in [-0.39, 0.29) is 28.1 Å². The van der Waals surface area contributed by atoms with Gasteiger partial charge in [0.15, 0.2) is 22.1 Å². The summed E-state index contributed by atoms with van der Waals surface area (Å²) in [6.07, 6.45) is 4.39. The number of fused-ring (bicyclic) bond motifs is 1. The van der Waals surface area contributed by atoms with Crippen molar-refractivity contribution in [1.82, 2.24) is 20.3 Å². The van der Waals surface area contributed by atoms with E-state index in [0.29, 0.717) is 34.1 Å². The number of rotatable bonds is 10. The molecule has 12 nitrogen and oxygen atoms in total. The fourth-order valence-electron chi connectivity index (χ4n) is 5.46. The second-order valence-corrected chi connectivity index (χ2v) is 12.3. The molecular weight excluding hydrogens is 548 g/mol. The number of benzene rings is 2. The molecule has 41 heavy (non-hydrogen) atoms. The molecule has 0 bridgehead atoms. The van der Waals surface area contributed by atoms with Crippen molar-refractivity contribution in [2.24, 2.45) is 0 Å². The van der Waals surface area contributed by atoms with Gasteiger partial charge in [-0.2, -0.15) is 5.10 Å². The van der Waals surface area contributed by atoms with Gasteiger partial charge in [0.2, 0.25) is 0 Å². The van der Waals surface area contributed by atoms with Crippen LogP contribution in [-0.4, -0.2) is 70.1 Å². The normalized spacial score (nSPS) is 17.9. The van der Waals surface area contributed by atoms with Gasteiger partial charge < -0.3 is 29.0 Å². The average molecular weight is 583 g/mol. The Morgan fingerprint density at radius 2 is 1.71 bits per heavy atom. The highest BCUT2D eigenvalue weighted by Crippen LogP contribution is 2.42. The molecular formula is C28H34N6O6S. The van der Waals surface area contributed by atoms with E-state index in [1.165, 1.54) is 21.3 Å². The van der Waals surface area contributed by atoms with Crippen LogP contribution in [0.25, 0.3) is 11.0 Å². The summed E-state index contributed by atoms with van der Waals surface area (Å²) in [7, 11) is 2.31. The Hall–Kier alpha value is -3.97. The number of sulfonamides is 1. The number of anilines is 3. The number of ether oxygens (including phenoxy) is 3. The van der Waals surface area contributed by atoms with Crippen molar-refractivity contribution in [3.63, 3.8) is 0 Å². The monoisotopic (exact) mass is 582 g/mol. The van der Waals surface area contributed by atoms with Gasteiger partial charge >= 0.3 is 0 Å². The van der Waals surface area contributed by atoms with Crippen LogP contribution < -0.4 is 24.2 Å². The van der Waals surface area contributed by atoms with Crippen LogP contribution in [0.15, 0.2) is 39.8 Å². The standard InChI is InChI=1S/C28H34N6O6S/c1-34-9-5-6-17(15-34)18-10-24(38-3)27(25(11-18)39-4)41(35,36)33-28-19-12-23(37-2)21(13-22(19)40-32-28)29-26-14-20(30-31-26)16-7-8-16/h10-14,16-17H,5-9,15H2,1-4H3,(H,32,33)(H2,29,30,31)/t17-/m1/s1. The van der Waals surface area contributed by atoms with Crippen molar-refractivity contribution in [3.05, 3.63) is 41.6 Å². The molecule has 1 aliphatic heterocycles. The minimum absolute atomic E-state index is 0.0164. The van der Waals surface area contributed by atoms with Crippen LogP contribution in [0.3, 0.4) is 0 Å². The van der Waals surface area contributed by atoms with Gasteiger partial charge in [-0.1, -0.05) is 5.16 Å². The molecule has 4 aromatic rings. The molecule has 218 valence electrons. The number of aromatic nitrogens is 3. The third-order valence-corrected chi connectivity index (χ3v) is 9.15. The lowest BCUT2D eigenvalue weighted by atomic mass is 9.90. The molecule has 3 N–H and O–H groups in total. The van der Waals surface area contributed by atoms with E-state index in [0.717, 1.165) is 50.0 Å². The van der Waals surface area contributed by atoms with Gasteiger partial charge in [-0.05, 0) is 69.0 Å². The van der Waals surface area contributed by atoms with Crippen LogP contribution in [0.4, 0.5) is 17.3 Å². The minimum atomic E-state index is -4.20. The zero-order chi connectivity index (χ0) is 28.7. The smallest absolute Gasteiger partial charge is 0.270 e. The summed E-state index contributed by atoms with van der Waals surface area (Å²) < 4.78 is 52.3. The predicted molar refractivity (Wildman–Crippen MR) is 154 cm³/mol. The number of likely N-dealkylation sites (N-methyl/N-ethyl adjacent to an activating group) is 1. The van der Waals surface area contributed by atoms with Crippen molar-refractivity contribution < 1.29 is 27.2 Å². The maximum Gasteiger partial charge on any atom is 0.270 e. The van der Waals surface area contributed by atoms with Crippen molar-refractivity contribution in [3.8, 4) is 17.2 Å². The molecule has 3 heterocycles. The zero-order valence-corrected chi connectivity index (χ0v) is 24.3. The van der Waals surface area contributed by atoms with Crippen LogP contribution in [0.2, 0.25) is 0 Å². The summed E-state index contributed by atoms with van der Waals surface area (Å²) in [5, 5.41) is 15.1. The van der Waals surface area contributed by atoms with Crippen LogP contribution in [0.1, 0.15) is 48.8 Å². The second-order valence-electron chi connectivity index (χ2n) is 10.6. The van der Waals surface area contributed by atoms with Gasteiger partial charge in [-0.25, -0.2) is 8.42 Å². The SMILES string of the molecule is COc1cc2c(NS(=O)(=O)c3c(OC)cc([C@@H]4CCCN(C)C4)cc3OC)noc2cc1Nc1cc(C2CC2)[nH]n1. The van der Waals surface area contributed by atoms with Crippen LogP contribution in [0, 0.1) is 0 Å². The first-order valence-corrected chi connectivity index (χ1v) is 15.0. The highest BCUT2D eigenvalue weighted by Gasteiger charge is 2.30. The summed E-state index contributed by atoms with van der Waals surface area (Å²) in [5.41, 5.74) is 3.03. The number of methoxy groups -OCH3 is 3. The van der Waals surface area contributed by atoms with Crippen molar-refractivity contribution >= 4 is 38.3 Å². The molecule has 6 rings (SSSR count). The number of H-pyrrole nitrogens is 1. The zero-order valence-electron chi connectivity index (χ0n) is 23.5. The summed E-state index contributed by atoms with van der Waals surface area (Å²) in [5.74, 6) is 2.31. The van der Waals surface area contributed by atoms with Gasteiger partial charge in [0.1, 0.15) is 17.2 Å². The molecule has 1 aliphatic carbocycles. The Morgan fingerprint density at radius 3 is 2.37 bits per heavy atom. The van der Waals surface area contributed by atoms with Gasteiger partial charge in [0, 0.05) is 30.3 Å². The summed E-state index contributed by atoms with van der Waals surface area (Å²) in [4.78, 5) is 2.16. The maximum atomic E-state index is 13.8. The van der Waals surface area contributed by atoms with E-state index in [9.17, 15) is 8.42 Å². The largest absolute Gasteiger partial charge is 0.495 e. The molecule has 1 saturated carbocycles. The summed E-state index contributed by atoms with van der Waals surface area (Å²) in [6.45, 7) is 1.92. The molecule has 0 amide bonds. The molecule has 2 aliphatic rings. The first kappa shape index (κ1) is 27.2. The first-order valence-electron chi connectivity index (χ1n) is 13.6.